The van der Waals surface area contributed by atoms with E-state index in [0.29, 0.717) is 17.2 Å². The average molecular weight is 397 g/mol. The molecule has 1 aromatic carbocycles. The molecule has 0 saturated carbocycles. The second-order valence-corrected chi connectivity index (χ2v) is 8.08. The van der Waals surface area contributed by atoms with E-state index < -0.39 is 0 Å². The van der Waals surface area contributed by atoms with Crippen molar-refractivity contribution in [2.75, 3.05) is 14.2 Å². The van der Waals surface area contributed by atoms with Crippen molar-refractivity contribution in [3.63, 3.8) is 0 Å². The van der Waals surface area contributed by atoms with Crippen LogP contribution in [0.15, 0.2) is 36.4 Å². The SMILES string of the molecule is COc1cc(-c2ccccc2)sc1C(=O)N(C)Cc1nnc2n1CCCCC2. The summed E-state index contributed by atoms with van der Waals surface area (Å²) in [5.41, 5.74) is 1.08. The number of benzene rings is 1. The minimum atomic E-state index is -0.0602. The van der Waals surface area contributed by atoms with E-state index in [4.69, 9.17) is 4.74 Å². The monoisotopic (exact) mass is 396 g/mol. The van der Waals surface area contributed by atoms with Gasteiger partial charge in [-0.15, -0.1) is 21.5 Å². The maximum atomic E-state index is 13.1. The summed E-state index contributed by atoms with van der Waals surface area (Å²) in [6.07, 6.45) is 4.46. The smallest absolute Gasteiger partial charge is 0.267 e. The first-order valence-corrected chi connectivity index (χ1v) is 10.4. The van der Waals surface area contributed by atoms with Gasteiger partial charge in [-0.3, -0.25) is 4.79 Å². The van der Waals surface area contributed by atoms with Crippen LogP contribution in [0.1, 0.15) is 40.6 Å². The van der Waals surface area contributed by atoms with Crippen LogP contribution in [0.3, 0.4) is 0 Å². The zero-order chi connectivity index (χ0) is 19.5. The molecule has 4 rings (SSSR count). The number of amides is 1. The molecule has 2 aromatic heterocycles. The van der Waals surface area contributed by atoms with Crippen molar-refractivity contribution in [3.8, 4) is 16.2 Å². The van der Waals surface area contributed by atoms with Crippen molar-refractivity contribution in [3.05, 3.63) is 52.9 Å². The van der Waals surface area contributed by atoms with E-state index in [1.165, 1.54) is 17.8 Å². The lowest BCUT2D eigenvalue weighted by atomic mass is 10.2. The van der Waals surface area contributed by atoms with Gasteiger partial charge in [-0.25, -0.2) is 0 Å². The lowest BCUT2D eigenvalue weighted by Crippen LogP contribution is -2.27. The maximum absolute atomic E-state index is 13.1. The van der Waals surface area contributed by atoms with Crippen LogP contribution in [0, 0.1) is 0 Å². The zero-order valence-corrected chi connectivity index (χ0v) is 17.0. The van der Waals surface area contributed by atoms with Gasteiger partial charge in [0.2, 0.25) is 0 Å². The molecule has 3 heterocycles. The molecule has 0 atom stereocenters. The fraction of sp³-hybridized carbons (Fsp3) is 0.381. The number of aromatic nitrogens is 3. The number of methoxy groups -OCH3 is 1. The molecule has 28 heavy (non-hydrogen) atoms. The first-order valence-electron chi connectivity index (χ1n) is 9.57. The highest BCUT2D eigenvalue weighted by atomic mass is 32.1. The van der Waals surface area contributed by atoms with Gasteiger partial charge in [-0.2, -0.15) is 0 Å². The summed E-state index contributed by atoms with van der Waals surface area (Å²) in [6, 6.07) is 12.0. The van der Waals surface area contributed by atoms with Crippen LogP contribution in [-0.4, -0.2) is 39.7 Å². The molecule has 1 aliphatic heterocycles. The molecular formula is C21H24N4O2S. The summed E-state index contributed by atoms with van der Waals surface area (Å²) < 4.78 is 7.67. The Morgan fingerprint density at radius 3 is 2.82 bits per heavy atom. The standard InChI is InChI=1S/C21H24N4O2S/c1-24(14-19-23-22-18-11-7-4-8-12-25(18)19)21(26)20-16(27-2)13-17(28-20)15-9-5-3-6-10-15/h3,5-6,9-10,13H,4,7-8,11-12,14H2,1-2H3. The van der Waals surface area contributed by atoms with Crippen molar-refractivity contribution >= 4 is 17.2 Å². The number of thiophene rings is 1. The quantitative estimate of drug-likeness (QED) is 0.654. The molecule has 1 amide bonds. The van der Waals surface area contributed by atoms with Gasteiger partial charge in [-0.05, 0) is 24.5 Å². The van der Waals surface area contributed by atoms with Gasteiger partial charge in [0.05, 0.1) is 13.7 Å². The van der Waals surface area contributed by atoms with Crippen LogP contribution in [0.25, 0.3) is 10.4 Å². The second kappa shape index (κ2) is 8.14. The van der Waals surface area contributed by atoms with Crippen LogP contribution in [0.5, 0.6) is 5.75 Å². The first-order chi connectivity index (χ1) is 13.7. The second-order valence-electron chi connectivity index (χ2n) is 7.03. The zero-order valence-electron chi connectivity index (χ0n) is 16.2. The molecule has 3 aromatic rings. The summed E-state index contributed by atoms with van der Waals surface area (Å²) >= 11 is 1.46. The number of hydrogen-bond donors (Lipinski definition) is 0. The van der Waals surface area contributed by atoms with Gasteiger partial charge in [0, 0.05) is 24.9 Å². The Hall–Kier alpha value is -2.67. The van der Waals surface area contributed by atoms with Gasteiger partial charge in [0.25, 0.3) is 5.91 Å². The van der Waals surface area contributed by atoms with Gasteiger partial charge in [0.1, 0.15) is 16.5 Å². The van der Waals surface area contributed by atoms with Crippen LogP contribution in [0.4, 0.5) is 0 Å². The van der Waals surface area contributed by atoms with Gasteiger partial charge < -0.3 is 14.2 Å². The van der Waals surface area contributed by atoms with Crippen molar-refractivity contribution in [2.45, 2.75) is 38.8 Å². The van der Waals surface area contributed by atoms with E-state index in [9.17, 15) is 4.79 Å². The lowest BCUT2D eigenvalue weighted by molar-refractivity contribution is 0.0781. The third kappa shape index (κ3) is 3.67. The molecule has 0 spiro atoms. The predicted octanol–water partition coefficient (Wildman–Crippen LogP) is 4.01. The van der Waals surface area contributed by atoms with E-state index >= 15 is 0 Å². The van der Waals surface area contributed by atoms with Gasteiger partial charge >= 0.3 is 0 Å². The highest BCUT2D eigenvalue weighted by Crippen LogP contribution is 2.37. The van der Waals surface area contributed by atoms with E-state index in [1.807, 2.05) is 43.4 Å². The van der Waals surface area contributed by atoms with E-state index in [1.54, 1.807) is 12.0 Å². The molecule has 0 bridgehead atoms. The molecule has 6 nitrogen and oxygen atoms in total. The number of aryl methyl sites for hydroxylation is 1. The van der Waals surface area contributed by atoms with Crippen LogP contribution in [0.2, 0.25) is 0 Å². The third-order valence-corrected chi connectivity index (χ3v) is 6.24. The normalized spacial score (nSPS) is 13.6. The summed E-state index contributed by atoms with van der Waals surface area (Å²) in [4.78, 5) is 16.5. The first kappa shape index (κ1) is 18.7. The van der Waals surface area contributed by atoms with Crippen LogP contribution >= 0.6 is 11.3 Å². The number of nitrogens with zero attached hydrogens (tertiary/aromatic N) is 4. The van der Waals surface area contributed by atoms with Gasteiger partial charge in [0.15, 0.2) is 5.82 Å². The number of fused-ring (bicyclic) bond motifs is 1. The molecule has 0 fully saturated rings. The van der Waals surface area contributed by atoms with E-state index in [-0.39, 0.29) is 5.91 Å². The Bertz CT molecular complexity index is 964. The minimum absolute atomic E-state index is 0.0602. The summed E-state index contributed by atoms with van der Waals surface area (Å²) in [6.45, 7) is 1.37. The molecule has 0 unspecified atom stereocenters. The average Bonchev–Trinajstić information content (AvgIpc) is 3.24. The van der Waals surface area contributed by atoms with E-state index in [0.717, 1.165) is 47.9 Å². The Labute approximate surface area is 168 Å². The number of hydrogen-bond acceptors (Lipinski definition) is 5. The van der Waals surface area contributed by atoms with Crippen molar-refractivity contribution in [1.82, 2.24) is 19.7 Å². The molecule has 1 aliphatic rings. The highest BCUT2D eigenvalue weighted by Gasteiger charge is 2.23. The van der Waals surface area contributed by atoms with Crippen LogP contribution < -0.4 is 4.74 Å². The maximum Gasteiger partial charge on any atom is 0.267 e. The number of carbonyl (C=O) groups is 1. The largest absolute Gasteiger partial charge is 0.495 e. The Kier molecular flexibility index (Phi) is 5.43. The minimum Gasteiger partial charge on any atom is -0.495 e. The summed E-state index contributed by atoms with van der Waals surface area (Å²) in [5, 5.41) is 8.67. The van der Waals surface area contributed by atoms with E-state index in [2.05, 4.69) is 14.8 Å². The summed E-state index contributed by atoms with van der Waals surface area (Å²) in [7, 11) is 3.41. The Balaban J connectivity index is 1.56. The number of ether oxygens (including phenoxy) is 1. The van der Waals surface area contributed by atoms with Crippen molar-refractivity contribution in [2.24, 2.45) is 0 Å². The van der Waals surface area contributed by atoms with Crippen molar-refractivity contribution < 1.29 is 9.53 Å². The highest BCUT2D eigenvalue weighted by molar-refractivity contribution is 7.17. The topological polar surface area (TPSA) is 60.2 Å². The molecule has 0 aliphatic carbocycles. The molecule has 146 valence electrons. The van der Waals surface area contributed by atoms with Crippen molar-refractivity contribution in [1.29, 1.82) is 0 Å². The summed E-state index contributed by atoms with van der Waals surface area (Å²) in [5.74, 6) is 2.44. The molecule has 0 N–H and O–H groups in total. The molecule has 0 radical (unpaired) electrons. The third-order valence-electron chi connectivity index (χ3n) is 5.08. The number of rotatable bonds is 5. The molecule has 0 saturated heterocycles. The molecule has 7 heteroatoms. The molecular weight excluding hydrogens is 372 g/mol. The predicted molar refractivity (Wildman–Crippen MR) is 110 cm³/mol. The van der Waals surface area contributed by atoms with Crippen LogP contribution in [-0.2, 0) is 19.5 Å². The fourth-order valence-electron chi connectivity index (χ4n) is 3.54. The number of carbonyl (C=O) groups excluding carboxylic acids is 1. The fourth-order valence-corrected chi connectivity index (χ4v) is 4.67. The van der Waals surface area contributed by atoms with Gasteiger partial charge in [-0.1, -0.05) is 36.8 Å². The lowest BCUT2D eigenvalue weighted by Gasteiger charge is -2.17. The Morgan fingerprint density at radius 1 is 1.21 bits per heavy atom. The Morgan fingerprint density at radius 2 is 2.04 bits per heavy atom.